The standard InChI is InChI=1S/C23H25ClN2O2/c1-18-8-10-19(11-9-18)16-25-12-4-7-22(25)17-26(13-14-28-2)23(27)20-5-3-6-21(24)15-20/h3-12,15H,13-14,16-17H2,1-2H3. The molecule has 28 heavy (non-hydrogen) atoms. The van der Waals surface area contributed by atoms with Crippen molar-refractivity contribution in [3.05, 3.63) is 94.3 Å². The molecule has 3 aromatic rings. The van der Waals surface area contributed by atoms with Gasteiger partial charge in [0.1, 0.15) is 0 Å². The first-order chi connectivity index (χ1) is 13.6. The number of carbonyl (C=O) groups is 1. The number of amides is 1. The molecule has 0 radical (unpaired) electrons. The summed E-state index contributed by atoms with van der Waals surface area (Å²) in [7, 11) is 1.64. The molecule has 0 aliphatic heterocycles. The molecule has 0 saturated carbocycles. The number of methoxy groups -OCH3 is 1. The Hall–Kier alpha value is -2.56. The van der Waals surface area contributed by atoms with Crippen LogP contribution in [0.25, 0.3) is 0 Å². The zero-order chi connectivity index (χ0) is 19.9. The van der Waals surface area contributed by atoms with Crippen molar-refractivity contribution in [3.63, 3.8) is 0 Å². The van der Waals surface area contributed by atoms with Crippen molar-refractivity contribution < 1.29 is 9.53 Å². The average molecular weight is 397 g/mol. The van der Waals surface area contributed by atoms with Crippen molar-refractivity contribution in [2.75, 3.05) is 20.3 Å². The van der Waals surface area contributed by atoms with E-state index in [0.717, 1.165) is 12.2 Å². The highest BCUT2D eigenvalue weighted by Crippen LogP contribution is 2.16. The molecule has 0 saturated heterocycles. The van der Waals surface area contributed by atoms with Crippen molar-refractivity contribution in [3.8, 4) is 0 Å². The molecule has 146 valence electrons. The summed E-state index contributed by atoms with van der Waals surface area (Å²) >= 11 is 6.07. The summed E-state index contributed by atoms with van der Waals surface area (Å²) in [6.07, 6.45) is 2.05. The van der Waals surface area contributed by atoms with Crippen LogP contribution >= 0.6 is 11.6 Å². The van der Waals surface area contributed by atoms with Gasteiger partial charge in [-0.1, -0.05) is 47.5 Å². The molecule has 5 heteroatoms. The second-order valence-electron chi connectivity index (χ2n) is 6.84. The summed E-state index contributed by atoms with van der Waals surface area (Å²) < 4.78 is 7.39. The van der Waals surface area contributed by atoms with Gasteiger partial charge in [-0.2, -0.15) is 0 Å². The number of rotatable bonds is 8. The predicted octanol–water partition coefficient (Wildman–Crippen LogP) is 4.79. The molecule has 0 aliphatic rings. The molecule has 4 nitrogen and oxygen atoms in total. The first-order valence-corrected chi connectivity index (χ1v) is 9.68. The maximum absolute atomic E-state index is 13.0. The van der Waals surface area contributed by atoms with E-state index in [2.05, 4.69) is 41.8 Å². The molecular weight excluding hydrogens is 372 g/mol. The van der Waals surface area contributed by atoms with Crippen LogP contribution < -0.4 is 0 Å². The van der Waals surface area contributed by atoms with Crippen molar-refractivity contribution in [1.82, 2.24) is 9.47 Å². The molecule has 1 aromatic heterocycles. The molecule has 0 spiro atoms. The van der Waals surface area contributed by atoms with E-state index < -0.39 is 0 Å². The van der Waals surface area contributed by atoms with Crippen LogP contribution in [0.3, 0.4) is 0 Å². The number of nitrogens with zero attached hydrogens (tertiary/aromatic N) is 2. The molecule has 2 aromatic carbocycles. The van der Waals surface area contributed by atoms with Crippen LogP contribution in [0.2, 0.25) is 5.02 Å². The van der Waals surface area contributed by atoms with Crippen molar-refractivity contribution in [1.29, 1.82) is 0 Å². The lowest BCUT2D eigenvalue weighted by atomic mass is 10.1. The van der Waals surface area contributed by atoms with E-state index in [9.17, 15) is 4.79 Å². The zero-order valence-electron chi connectivity index (χ0n) is 16.3. The number of aromatic nitrogens is 1. The van der Waals surface area contributed by atoms with Crippen molar-refractivity contribution in [2.45, 2.75) is 20.0 Å². The lowest BCUT2D eigenvalue weighted by Crippen LogP contribution is -2.34. The number of aryl methyl sites for hydroxylation is 1. The van der Waals surface area contributed by atoms with E-state index in [1.54, 1.807) is 36.3 Å². The maximum atomic E-state index is 13.0. The van der Waals surface area contributed by atoms with Crippen LogP contribution in [0, 0.1) is 6.92 Å². The largest absolute Gasteiger partial charge is 0.383 e. The molecule has 0 aliphatic carbocycles. The molecular formula is C23H25ClN2O2. The van der Waals surface area contributed by atoms with Crippen LogP contribution in [0.1, 0.15) is 27.2 Å². The molecule has 0 unspecified atom stereocenters. The van der Waals surface area contributed by atoms with Crippen LogP contribution in [0.5, 0.6) is 0 Å². The number of hydrogen-bond acceptors (Lipinski definition) is 2. The van der Waals surface area contributed by atoms with Gasteiger partial charge in [0.25, 0.3) is 5.91 Å². The van der Waals surface area contributed by atoms with E-state index in [1.807, 2.05) is 12.3 Å². The Balaban J connectivity index is 1.78. The Bertz CT molecular complexity index is 918. The van der Waals surface area contributed by atoms with Gasteiger partial charge in [0, 0.05) is 42.7 Å². The number of hydrogen-bond donors (Lipinski definition) is 0. The molecule has 3 rings (SSSR count). The van der Waals surface area contributed by atoms with Crippen molar-refractivity contribution >= 4 is 17.5 Å². The number of carbonyl (C=O) groups excluding carboxylic acids is 1. The molecule has 0 atom stereocenters. The number of halogens is 1. The smallest absolute Gasteiger partial charge is 0.254 e. The average Bonchev–Trinajstić information content (AvgIpc) is 3.13. The molecule has 0 fully saturated rings. The highest BCUT2D eigenvalue weighted by atomic mass is 35.5. The summed E-state index contributed by atoms with van der Waals surface area (Å²) in [4.78, 5) is 14.8. The summed E-state index contributed by atoms with van der Waals surface area (Å²) in [5.41, 5.74) is 4.13. The Kier molecular flexibility index (Phi) is 6.90. The Labute approximate surface area is 171 Å². The van der Waals surface area contributed by atoms with Gasteiger partial charge < -0.3 is 14.2 Å². The highest BCUT2D eigenvalue weighted by molar-refractivity contribution is 6.30. The van der Waals surface area contributed by atoms with Gasteiger partial charge in [-0.05, 0) is 42.8 Å². The third kappa shape index (κ3) is 5.24. The van der Waals surface area contributed by atoms with Crippen LogP contribution in [-0.4, -0.2) is 35.6 Å². The van der Waals surface area contributed by atoms with Gasteiger partial charge >= 0.3 is 0 Å². The van der Waals surface area contributed by atoms with E-state index in [0.29, 0.717) is 30.3 Å². The van der Waals surface area contributed by atoms with Crippen LogP contribution in [-0.2, 0) is 17.8 Å². The topological polar surface area (TPSA) is 34.5 Å². The molecule has 1 amide bonds. The van der Waals surface area contributed by atoms with Gasteiger partial charge in [0.15, 0.2) is 0 Å². The first kappa shape index (κ1) is 20.2. The number of benzene rings is 2. The second kappa shape index (κ2) is 9.58. The minimum absolute atomic E-state index is 0.0531. The van der Waals surface area contributed by atoms with E-state index >= 15 is 0 Å². The van der Waals surface area contributed by atoms with Crippen LogP contribution in [0.4, 0.5) is 0 Å². The predicted molar refractivity (Wildman–Crippen MR) is 113 cm³/mol. The summed E-state index contributed by atoms with van der Waals surface area (Å²) in [6, 6.07) is 19.6. The Morgan fingerprint density at radius 3 is 2.61 bits per heavy atom. The Morgan fingerprint density at radius 2 is 1.89 bits per heavy atom. The normalized spacial score (nSPS) is 10.8. The monoisotopic (exact) mass is 396 g/mol. The fourth-order valence-electron chi connectivity index (χ4n) is 3.09. The third-order valence-corrected chi connectivity index (χ3v) is 4.91. The van der Waals surface area contributed by atoms with E-state index in [-0.39, 0.29) is 5.91 Å². The highest BCUT2D eigenvalue weighted by Gasteiger charge is 2.18. The SMILES string of the molecule is COCCN(Cc1cccn1Cc1ccc(C)cc1)C(=O)c1cccc(Cl)c1. The van der Waals surface area contributed by atoms with E-state index in [4.69, 9.17) is 16.3 Å². The van der Waals surface area contributed by atoms with E-state index in [1.165, 1.54) is 11.1 Å². The van der Waals surface area contributed by atoms with Crippen molar-refractivity contribution in [2.24, 2.45) is 0 Å². The minimum atomic E-state index is -0.0531. The summed E-state index contributed by atoms with van der Waals surface area (Å²) in [6.45, 7) is 4.35. The van der Waals surface area contributed by atoms with Gasteiger partial charge in [0.05, 0.1) is 13.2 Å². The third-order valence-electron chi connectivity index (χ3n) is 4.67. The molecule has 0 bridgehead atoms. The van der Waals surface area contributed by atoms with Gasteiger partial charge in [-0.15, -0.1) is 0 Å². The number of ether oxygens (including phenoxy) is 1. The fraction of sp³-hybridized carbons (Fsp3) is 0.261. The van der Waals surface area contributed by atoms with Gasteiger partial charge in [-0.25, -0.2) is 0 Å². The first-order valence-electron chi connectivity index (χ1n) is 9.30. The van der Waals surface area contributed by atoms with Crippen LogP contribution in [0.15, 0.2) is 66.9 Å². The zero-order valence-corrected chi connectivity index (χ0v) is 17.0. The fourth-order valence-corrected chi connectivity index (χ4v) is 3.28. The molecule has 0 N–H and O–H groups in total. The maximum Gasteiger partial charge on any atom is 0.254 e. The van der Waals surface area contributed by atoms with Gasteiger partial charge in [-0.3, -0.25) is 4.79 Å². The lowest BCUT2D eigenvalue weighted by molar-refractivity contribution is 0.0676. The quantitative estimate of drug-likeness (QED) is 0.548. The summed E-state index contributed by atoms with van der Waals surface area (Å²) in [5.74, 6) is -0.0531. The lowest BCUT2D eigenvalue weighted by Gasteiger charge is -2.23. The minimum Gasteiger partial charge on any atom is -0.383 e. The summed E-state index contributed by atoms with van der Waals surface area (Å²) in [5, 5.41) is 0.556. The Morgan fingerprint density at radius 1 is 1.11 bits per heavy atom. The molecule has 1 heterocycles. The second-order valence-corrected chi connectivity index (χ2v) is 7.28. The van der Waals surface area contributed by atoms with Gasteiger partial charge in [0.2, 0.25) is 0 Å².